The molecule has 0 bridgehead atoms. The number of aromatic nitrogens is 3. The number of nitrogens with zero attached hydrogens (tertiary/aromatic N) is 3. The molecule has 8 heteroatoms. The second kappa shape index (κ2) is 9.60. The van der Waals surface area contributed by atoms with Gasteiger partial charge in [0, 0.05) is 11.3 Å². The molecule has 0 saturated carbocycles. The lowest BCUT2D eigenvalue weighted by molar-refractivity contribution is 0.102. The van der Waals surface area contributed by atoms with Crippen molar-refractivity contribution in [1.82, 2.24) is 14.8 Å². The Morgan fingerprint density at radius 2 is 1.79 bits per heavy atom. The standard InChI is InChI=1S/C25H22F2N4O2/c1-16(2)15-33-25-29-23(17-10-12-18(26)13-11-17)31(30-25)20-7-5-6-19(14-20)28-24(32)21-8-3-4-9-22(21)27/h3-14,16H,15H2,1-2H3,(H,28,32). The van der Waals surface area contributed by atoms with Gasteiger partial charge in [-0.3, -0.25) is 4.79 Å². The second-order valence-electron chi connectivity index (χ2n) is 7.83. The molecule has 33 heavy (non-hydrogen) atoms. The van der Waals surface area contributed by atoms with Gasteiger partial charge in [-0.05, 0) is 60.5 Å². The number of hydrogen-bond donors (Lipinski definition) is 1. The summed E-state index contributed by atoms with van der Waals surface area (Å²) in [6.45, 7) is 4.46. The van der Waals surface area contributed by atoms with Gasteiger partial charge in [-0.1, -0.05) is 32.0 Å². The number of amides is 1. The number of carbonyl (C=O) groups is 1. The van der Waals surface area contributed by atoms with Crippen LogP contribution < -0.4 is 10.1 Å². The van der Waals surface area contributed by atoms with Crippen molar-refractivity contribution in [2.75, 3.05) is 11.9 Å². The van der Waals surface area contributed by atoms with Crippen LogP contribution in [0, 0.1) is 17.6 Å². The number of ether oxygens (including phenoxy) is 1. The highest BCUT2D eigenvalue weighted by Gasteiger charge is 2.17. The quantitative estimate of drug-likeness (QED) is 0.405. The van der Waals surface area contributed by atoms with Crippen LogP contribution in [0.3, 0.4) is 0 Å². The summed E-state index contributed by atoms with van der Waals surface area (Å²) in [6.07, 6.45) is 0. The van der Waals surface area contributed by atoms with Crippen LogP contribution in [0.4, 0.5) is 14.5 Å². The van der Waals surface area contributed by atoms with E-state index >= 15 is 0 Å². The summed E-state index contributed by atoms with van der Waals surface area (Å²) in [7, 11) is 0. The molecule has 0 aliphatic heterocycles. The lowest BCUT2D eigenvalue weighted by atomic mass is 10.2. The van der Waals surface area contributed by atoms with E-state index in [4.69, 9.17) is 4.74 Å². The van der Waals surface area contributed by atoms with E-state index in [2.05, 4.69) is 15.4 Å². The van der Waals surface area contributed by atoms with E-state index in [1.807, 2.05) is 13.8 Å². The van der Waals surface area contributed by atoms with Crippen LogP contribution in [0.5, 0.6) is 6.01 Å². The van der Waals surface area contributed by atoms with Gasteiger partial charge in [0.15, 0.2) is 5.82 Å². The van der Waals surface area contributed by atoms with Gasteiger partial charge in [-0.25, -0.2) is 13.5 Å². The van der Waals surface area contributed by atoms with E-state index < -0.39 is 11.7 Å². The number of rotatable bonds is 7. The lowest BCUT2D eigenvalue weighted by Gasteiger charge is -2.10. The van der Waals surface area contributed by atoms with Gasteiger partial charge in [0.2, 0.25) is 0 Å². The zero-order chi connectivity index (χ0) is 23.4. The van der Waals surface area contributed by atoms with Crippen molar-refractivity contribution in [3.05, 3.63) is 90.0 Å². The maximum absolute atomic E-state index is 14.0. The fraction of sp³-hybridized carbons (Fsp3) is 0.160. The molecule has 0 fully saturated rings. The smallest absolute Gasteiger partial charge is 0.336 e. The minimum absolute atomic E-state index is 0.0555. The van der Waals surface area contributed by atoms with Crippen LogP contribution in [0.25, 0.3) is 17.1 Å². The summed E-state index contributed by atoms with van der Waals surface area (Å²) in [5.41, 5.74) is 1.63. The van der Waals surface area contributed by atoms with Gasteiger partial charge in [0.05, 0.1) is 17.9 Å². The Balaban J connectivity index is 1.68. The SMILES string of the molecule is CC(C)COc1nc(-c2ccc(F)cc2)n(-c2cccc(NC(=O)c3ccccc3F)c2)n1. The first kappa shape index (κ1) is 22.1. The maximum Gasteiger partial charge on any atom is 0.336 e. The molecular formula is C25H22F2N4O2. The number of nitrogens with one attached hydrogen (secondary N) is 1. The first-order valence-electron chi connectivity index (χ1n) is 10.4. The van der Waals surface area contributed by atoms with Crippen LogP contribution in [-0.2, 0) is 0 Å². The molecule has 0 aliphatic carbocycles. The Hall–Kier alpha value is -4.07. The molecular weight excluding hydrogens is 426 g/mol. The molecule has 0 unspecified atom stereocenters. The molecule has 1 N–H and O–H groups in total. The average molecular weight is 448 g/mol. The maximum atomic E-state index is 14.0. The Morgan fingerprint density at radius 1 is 1.03 bits per heavy atom. The number of benzene rings is 3. The summed E-state index contributed by atoms with van der Waals surface area (Å²) >= 11 is 0. The van der Waals surface area contributed by atoms with Gasteiger partial charge in [0.1, 0.15) is 11.6 Å². The summed E-state index contributed by atoms with van der Waals surface area (Å²) in [5, 5.41) is 7.16. The van der Waals surface area contributed by atoms with Crippen LogP contribution in [0.15, 0.2) is 72.8 Å². The highest BCUT2D eigenvalue weighted by Crippen LogP contribution is 2.25. The molecule has 6 nitrogen and oxygen atoms in total. The Bertz CT molecular complexity index is 1270. The molecule has 1 heterocycles. The van der Waals surface area contributed by atoms with E-state index in [1.54, 1.807) is 47.1 Å². The molecule has 0 aliphatic rings. The third-order valence-corrected chi connectivity index (χ3v) is 4.70. The number of hydrogen-bond acceptors (Lipinski definition) is 4. The van der Waals surface area contributed by atoms with E-state index in [9.17, 15) is 13.6 Å². The minimum Gasteiger partial charge on any atom is -0.462 e. The van der Waals surface area contributed by atoms with E-state index in [1.165, 1.54) is 30.3 Å². The number of halogens is 2. The number of carbonyl (C=O) groups excluding carboxylic acids is 1. The van der Waals surface area contributed by atoms with Crippen LogP contribution in [-0.4, -0.2) is 27.3 Å². The Labute approximate surface area is 189 Å². The molecule has 3 aromatic carbocycles. The van der Waals surface area contributed by atoms with Crippen molar-refractivity contribution in [3.8, 4) is 23.1 Å². The molecule has 1 amide bonds. The van der Waals surface area contributed by atoms with Crippen LogP contribution >= 0.6 is 0 Å². The average Bonchev–Trinajstić information content (AvgIpc) is 3.23. The first-order chi connectivity index (χ1) is 15.9. The molecule has 0 atom stereocenters. The number of anilines is 1. The normalized spacial score (nSPS) is 10.9. The highest BCUT2D eigenvalue weighted by atomic mass is 19.1. The molecule has 168 valence electrons. The van der Waals surface area contributed by atoms with Crippen molar-refractivity contribution in [3.63, 3.8) is 0 Å². The Morgan fingerprint density at radius 3 is 2.52 bits per heavy atom. The topological polar surface area (TPSA) is 69.0 Å². The van der Waals surface area contributed by atoms with Crippen molar-refractivity contribution in [2.45, 2.75) is 13.8 Å². The van der Waals surface area contributed by atoms with Crippen molar-refractivity contribution < 1.29 is 18.3 Å². The van der Waals surface area contributed by atoms with Gasteiger partial charge in [-0.15, -0.1) is 5.10 Å². The summed E-state index contributed by atoms with van der Waals surface area (Å²) in [6, 6.07) is 18.7. The fourth-order valence-electron chi connectivity index (χ4n) is 3.12. The van der Waals surface area contributed by atoms with Crippen molar-refractivity contribution in [1.29, 1.82) is 0 Å². The van der Waals surface area contributed by atoms with E-state index in [0.717, 1.165) is 0 Å². The monoisotopic (exact) mass is 448 g/mol. The predicted octanol–water partition coefficient (Wildman–Crippen LogP) is 5.50. The first-order valence-corrected chi connectivity index (χ1v) is 10.4. The third kappa shape index (κ3) is 5.23. The highest BCUT2D eigenvalue weighted by molar-refractivity contribution is 6.04. The molecule has 4 rings (SSSR count). The molecule has 1 aromatic heterocycles. The second-order valence-corrected chi connectivity index (χ2v) is 7.83. The summed E-state index contributed by atoms with van der Waals surface area (Å²) < 4.78 is 34.7. The fourth-order valence-corrected chi connectivity index (χ4v) is 3.12. The van der Waals surface area contributed by atoms with Gasteiger partial charge < -0.3 is 10.1 Å². The molecule has 0 saturated heterocycles. The van der Waals surface area contributed by atoms with E-state index in [-0.39, 0.29) is 23.3 Å². The minimum atomic E-state index is -0.604. The molecule has 0 spiro atoms. The summed E-state index contributed by atoms with van der Waals surface area (Å²) in [4.78, 5) is 17.0. The summed E-state index contributed by atoms with van der Waals surface area (Å²) in [5.74, 6) is -0.801. The zero-order valence-electron chi connectivity index (χ0n) is 18.1. The molecule has 0 radical (unpaired) electrons. The third-order valence-electron chi connectivity index (χ3n) is 4.70. The van der Waals surface area contributed by atoms with E-state index in [0.29, 0.717) is 29.4 Å². The lowest BCUT2D eigenvalue weighted by Crippen LogP contribution is -2.14. The van der Waals surface area contributed by atoms with Crippen LogP contribution in [0.1, 0.15) is 24.2 Å². The van der Waals surface area contributed by atoms with Gasteiger partial charge >= 0.3 is 6.01 Å². The zero-order valence-corrected chi connectivity index (χ0v) is 18.1. The Kier molecular flexibility index (Phi) is 6.44. The molecule has 4 aromatic rings. The van der Waals surface area contributed by atoms with Crippen molar-refractivity contribution >= 4 is 11.6 Å². The van der Waals surface area contributed by atoms with Gasteiger partial charge in [0.25, 0.3) is 5.91 Å². The van der Waals surface area contributed by atoms with Gasteiger partial charge in [-0.2, -0.15) is 4.98 Å². The van der Waals surface area contributed by atoms with Crippen molar-refractivity contribution in [2.24, 2.45) is 5.92 Å². The largest absolute Gasteiger partial charge is 0.462 e. The predicted molar refractivity (Wildman–Crippen MR) is 121 cm³/mol. The van der Waals surface area contributed by atoms with Crippen LogP contribution in [0.2, 0.25) is 0 Å².